The first-order valence-corrected chi connectivity index (χ1v) is 5.59. The summed E-state index contributed by atoms with van der Waals surface area (Å²) in [5.41, 5.74) is 8.52. The Labute approximate surface area is 94.9 Å². The summed E-state index contributed by atoms with van der Waals surface area (Å²) < 4.78 is 2.08. The van der Waals surface area contributed by atoms with Gasteiger partial charge >= 0.3 is 0 Å². The summed E-state index contributed by atoms with van der Waals surface area (Å²) in [6.07, 6.45) is 5.99. The van der Waals surface area contributed by atoms with Crippen LogP contribution in [0.3, 0.4) is 0 Å². The Morgan fingerprint density at radius 2 is 2.19 bits per heavy atom. The molecule has 82 valence electrons. The van der Waals surface area contributed by atoms with E-state index in [0.29, 0.717) is 0 Å². The zero-order valence-corrected chi connectivity index (χ0v) is 9.35. The largest absolute Gasteiger partial charge is 0.321 e. The number of hydrogen-bond donors (Lipinski definition) is 1. The van der Waals surface area contributed by atoms with E-state index in [1.807, 2.05) is 19.3 Å². The standard InChI is InChI=1S/C13H15N3/c1-10-15-7-8-16(10)12-4-2-3-11(9-12)13(14)5-6-13/h2-4,7-9H,5-6,14H2,1H3. The van der Waals surface area contributed by atoms with E-state index in [0.717, 1.165) is 24.4 Å². The highest BCUT2D eigenvalue weighted by atomic mass is 15.1. The van der Waals surface area contributed by atoms with E-state index in [9.17, 15) is 0 Å². The van der Waals surface area contributed by atoms with Gasteiger partial charge in [-0.2, -0.15) is 0 Å². The third-order valence-electron chi connectivity index (χ3n) is 3.31. The van der Waals surface area contributed by atoms with Crippen LogP contribution < -0.4 is 5.73 Å². The van der Waals surface area contributed by atoms with Crippen LogP contribution in [0.25, 0.3) is 5.69 Å². The van der Waals surface area contributed by atoms with Crippen molar-refractivity contribution < 1.29 is 0 Å². The van der Waals surface area contributed by atoms with Crippen molar-refractivity contribution in [3.63, 3.8) is 0 Å². The summed E-state index contributed by atoms with van der Waals surface area (Å²) >= 11 is 0. The molecule has 3 rings (SSSR count). The smallest absolute Gasteiger partial charge is 0.110 e. The third kappa shape index (κ3) is 1.44. The van der Waals surface area contributed by atoms with Crippen molar-refractivity contribution >= 4 is 0 Å². The number of aromatic nitrogens is 2. The van der Waals surface area contributed by atoms with Crippen LogP contribution in [-0.2, 0) is 5.54 Å². The lowest BCUT2D eigenvalue weighted by Gasteiger charge is -2.12. The van der Waals surface area contributed by atoms with Gasteiger partial charge in [-0.1, -0.05) is 12.1 Å². The van der Waals surface area contributed by atoms with Gasteiger partial charge in [-0.15, -0.1) is 0 Å². The van der Waals surface area contributed by atoms with Crippen LogP contribution in [0.4, 0.5) is 0 Å². The van der Waals surface area contributed by atoms with Crippen molar-refractivity contribution in [2.75, 3.05) is 0 Å². The Morgan fingerprint density at radius 3 is 2.81 bits per heavy atom. The van der Waals surface area contributed by atoms with Gasteiger partial charge in [0.15, 0.2) is 0 Å². The number of nitrogens with two attached hydrogens (primary N) is 1. The Hall–Kier alpha value is -1.61. The van der Waals surface area contributed by atoms with Gasteiger partial charge in [0.25, 0.3) is 0 Å². The number of hydrogen-bond acceptors (Lipinski definition) is 2. The second-order valence-corrected chi connectivity index (χ2v) is 4.55. The van der Waals surface area contributed by atoms with Crippen LogP contribution in [0.2, 0.25) is 0 Å². The Morgan fingerprint density at radius 1 is 1.38 bits per heavy atom. The summed E-state index contributed by atoms with van der Waals surface area (Å²) in [5, 5.41) is 0. The molecule has 3 heteroatoms. The molecular weight excluding hydrogens is 198 g/mol. The Kier molecular flexibility index (Phi) is 1.91. The molecule has 1 aliphatic carbocycles. The van der Waals surface area contributed by atoms with E-state index in [1.165, 1.54) is 5.56 Å². The summed E-state index contributed by atoms with van der Waals surface area (Å²) in [6.45, 7) is 2.00. The summed E-state index contributed by atoms with van der Waals surface area (Å²) in [6, 6.07) is 8.44. The molecule has 0 radical (unpaired) electrons. The fourth-order valence-corrected chi connectivity index (χ4v) is 2.04. The average molecular weight is 213 g/mol. The predicted octanol–water partition coefficient (Wildman–Crippen LogP) is 2.13. The Bertz CT molecular complexity index is 523. The zero-order valence-electron chi connectivity index (χ0n) is 9.35. The van der Waals surface area contributed by atoms with Crippen LogP contribution in [0.5, 0.6) is 0 Å². The molecule has 2 aromatic rings. The number of benzene rings is 1. The second kappa shape index (κ2) is 3.19. The minimum atomic E-state index is -0.0650. The zero-order chi connectivity index (χ0) is 11.2. The highest BCUT2D eigenvalue weighted by Gasteiger charge is 2.39. The van der Waals surface area contributed by atoms with Crippen LogP contribution in [-0.4, -0.2) is 9.55 Å². The highest BCUT2D eigenvalue weighted by Crippen LogP contribution is 2.42. The average Bonchev–Trinajstić information content (AvgIpc) is 2.90. The molecule has 1 heterocycles. The molecule has 1 aliphatic rings. The minimum Gasteiger partial charge on any atom is -0.321 e. The molecule has 0 saturated heterocycles. The number of nitrogens with zero attached hydrogens (tertiary/aromatic N) is 2. The summed E-state index contributed by atoms with van der Waals surface area (Å²) in [5.74, 6) is 0.999. The van der Waals surface area contributed by atoms with Gasteiger partial charge in [0.2, 0.25) is 0 Å². The third-order valence-corrected chi connectivity index (χ3v) is 3.31. The maximum absolute atomic E-state index is 6.20. The lowest BCUT2D eigenvalue weighted by molar-refractivity contribution is 0.738. The fraction of sp³-hybridized carbons (Fsp3) is 0.308. The van der Waals surface area contributed by atoms with E-state index < -0.39 is 0 Å². The number of imidazole rings is 1. The van der Waals surface area contributed by atoms with Gasteiger partial charge in [-0.3, -0.25) is 0 Å². The molecule has 0 aliphatic heterocycles. The van der Waals surface area contributed by atoms with Gasteiger partial charge in [0.05, 0.1) is 0 Å². The molecule has 1 fully saturated rings. The van der Waals surface area contributed by atoms with Crippen molar-refractivity contribution in [1.29, 1.82) is 0 Å². The first-order chi connectivity index (χ1) is 7.69. The monoisotopic (exact) mass is 213 g/mol. The molecule has 1 aromatic carbocycles. The lowest BCUT2D eigenvalue weighted by atomic mass is 10.1. The van der Waals surface area contributed by atoms with Crippen molar-refractivity contribution in [2.45, 2.75) is 25.3 Å². The van der Waals surface area contributed by atoms with Crippen LogP contribution in [0, 0.1) is 6.92 Å². The van der Waals surface area contributed by atoms with Crippen molar-refractivity contribution in [3.8, 4) is 5.69 Å². The van der Waals surface area contributed by atoms with Gasteiger partial charge in [-0.05, 0) is 37.5 Å². The SMILES string of the molecule is Cc1nccn1-c1cccc(C2(N)CC2)c1. The summed E-state index contributed by atoms with van der Waals surface area (Å²) in [4.78, 5) is 4.23. The van der Waals surface area contributed by atoms with Gasteiger partial charge in [0.1, 0.15) is 5.82 Å². The molecule has 0 unspecified atom stereocenters. The first-order valence-electron chi connectivity index (χ1n) is 5.59. The first kappa shape index (κ1) is 9.60. The van der Waals surface area contributed by atoms with Crippen LogP contribution in [0.1, 0.15) is 24.2 Å². The lowest BCUT2D eigenvalue weighted by Crippen LogP contribution is -2.18. The molecule has 0 bridgehead atoms. The molecule has 0 spiro atoms. The molecule has 3 nitrogen and oxygen atoms in total. The predicted molar refractivity (Wildman–Crippen MR) is 63.4 cm³/mol. The van der Waals surface area contributed by atoms with Gasteiger partial charge in [-0.25, -0.2) is 4.98 Å². The highest BCUT2D eigenvalue weighted by molar-refractivity contribution is 5.41. The molecule has 2 N–H and O–H groups in total. The maximum Gasteiger partial charge on any atom is 0.110 e. The van der Waals surface area contributed by atoms with E-state index in [2.05, 4.69) is 33.8 Å². The molecule has 1 saturated carbocycles. The second-order valence-electron chi connectivity index (χ2n) is 4.55. The van der Waals surface area contributed by atoms with Crippen molar-refractivity contribution in [1.82, 2.24) is 9.55 Å². The molecule has 16 heavy (non-hydrogen) atoms. The topological polar surface area (TPSA) is 43.8 Å². The van der Waals surface area contributed by atoms with Gasteiger partial charge in [0, 0.05) is 23.6 Å². The van der Waals surface area contributed by atoms with Crippen molar-refractivity contribution in [2.24, 2.45) is 5.73 Å². The maximum atomic E-state index is 6.20. The van der Waals surface area contributed by atoms with Crippen molar-refractivity contribution in [3.05, 3.63) is 48.0 Å². The van der Waals surface area contributed by atoms with E-state index >= 15 is 0 Å². The molecule has 0 amide bonds. The normalized spacial score (nSPS) is 17.4. The van der Waals surface area contributed by atoms with E-state index in [1.54, 1.807) is 0 Å². The number of rotatable bonds is 2. The quantitative estimate of drug-likeness (QED) is 0.830. The molecular formula is C13H15N3. The molecule has 0 atom stereocenters. The fourth-order valence-electron chi connectivity index (χ4n) is 2.04. The summed E-state index contributed by atoms with van der Waals surface area (Å²) in [7, 11) is 0. The van der Waals surface area contributed by atoms with Crippen LogP contribution >= 0.6 is 0 Å². The molecule has 1 aromatic heterocycles. The Balaban J connectivity index is 2.06. The minimum absolute atomic E-state index is 0.0650. The van der Waals surface area contributed by atoms with Gasteiger partial charge < -0.3 is 10.3 Å². The van der Waals surface area contributed by atoms with E-state index in [-0.39, 0.29) is 5.54 Å². The number of aryl methyl sites for hydroxylation is 1. The van der Waals surface area contributed by atoms with Crippen LogP contribution in [0.15, 0.2) is 36.7 Å². The van der Waals surface area contributed by atoms with E-state index in [4.69, 9.17) is 5.73 Å².